The summed E-state index contributed by atoms with van der Waals surface area (Å²) >= 11 is 0. The summed E-state index contributed by atoms with van der Waals surface area (Å²) in [5.41, 5.74) is 1.06. The molecule has 8 nitrogen and oxygen atoms in total. The molecule has 1 aliphatic heterocycles. The molecule has 166 valence electrons. The zero-order valence-electron chi connectivity index (χ0n) is 17.5. The molecule has 1 fully saturated rings. The fraction of sp³-hybridized carbons (Fsp3) is 0.217. The summed E-state index contributed by atoms with van der Waals surface area (Å²) in [5.74, 6) is -0.139. The van der Waals surface area contributed by atoms with Crippen LogP contribution in [0.2, 0.25) is 0 Å². The van der Waals surface area contributed by atoms with Crippen molar-refractivity contribution in [2.75, 3.05) is 20.2 Å². The van der Waals surface area contributed by atoms with Gasteiger partial charge in [0.05, 0.1) is 12.7 Å². The second-order valence-corrected chi connectivity index (χ2v) is 8.88. The van der Waals surface area contributed by atoms with Gasteiger partial charge in [0.1, 0.15) is 17.0 Å². The lowest BCUT2D eigenvalue weighted by Gasteiger charge is -2.16. The van der Waals surface area contributed by atoms with E-state index in [-0.39, 0.29) is 16.2 Å². The average Bonchev–Trinajstić information content (AvgIpc) is 3.52. The van der Waals surface area contributed by atoms with E-state index in [1.54, 1.807) is 48.7 Å². The van der Waals surface area contributed by atoms with Gasteiger partial charge in [0.15, 0.2) is 5.75 Å². The maximum absolute atomic E-state index is 13.3. The molecule has 4 rings (SSSR count). The Hall–Kier alpha value is -3.59. The molecule has 0 amide bonds. The van der Waals surface area contributed by atoms with Gasteiger partial charge < -0.3 is 19.4 Å². The van der Waals surface area contributed by atoms with Crippen molar-refractivity contribution >= 4 is 22.3 Å². The Morgan fingerprint density at radius 2 is 1.84 bits per heavy atom. The number of hydrogen-bond acceptors (Lipinski definition) is 5. The standard InChI is InChI=1S/C23H23N3O5S/c1-30-23(27)17-14-19(20-10-7-11-24-20)22(31-18-8-3-2-4-9-18)21(15-17)32(28,29)25-16-26-12-5-6-13-26/h2-4,7-11,14-16,24H,5-6,12-13H2,1H3. The van der Waals surface area contributed by atoms with E-state index in [0.717, 1.165) is 25.9 Å². The van der Waals surface area contributed by atoms with Crippen LogP contribution in [0, 0.1) is 0 Å². The number of aromatic amines is 1. The maximum atomic E-state index is 13.3. The van der Waals surface area contributed by atoms with E-state index in [1.807, 2.05) is 11.0 Å². The molecule has 0 spiro atoms. The number of sulfonamides is 1. The van der Waals surface area contributed by atoms with E-state index in [4.69, 9.17) is 9.47 Å². The fourth-order valence-corrected chi connectivity index (χ4v) is 4.51. The maximum Gasteiger partial charge on any atom is 0.337 e. The molecule has 0 aliphatic carbocycles. The third-order valence-corrected chi connectivity index (χ3v) is 6.33. The number of nitrogens with zero attached hydrogens (tertiary/aromatic N) is 2. The number of esters is 1. The van der Waals surface area contributed by atoms with Gasteiger partial charge in [-0.1, -0.05) is 18.2 Å². The molecule has 2 heterocycles. The summed E-state index contributed by atoms with van der Waals surface area (Å²) in [7, 11) is -2.95. The molecule has 0 radical (unpaired) electrons. The Labute approximate surface area is 186 Å². The Morgan fingerprint density at radius 3 is 2.50 bits per heavy atom. The number of likely N-dealkylation sites (tertiary alicyclic amines) is 1. The highest BCUT2D eigenvalue weighted by Gasteiger charge is 2.27. The van der Waals surface area contributed by atoms with Crippen LogP contribution in [0.4, 0.5) is 0 Å². The molecule has 2 aromatic carbocycles. The predicted octanol–water partition coefficient (Wildman–Crippen LogP) is 4.07. The normalized spacial score (nSPS) is 14.1. The Kier molecular flexibility index (Phi) is 6.27. The summed E-state index contributed by atoms with van der Waals surface area (Å²) in [6.45, 7) is 1.50. The van der Waals surface area contributed by atoms with Crippen LogP contribution in [0.3, 0.4) is 0 Å². The molecule has 32 heavy (non-hydrogen) atoms. The molecule has 3 aromatic rings. The van der Waals surface area contributed by atoms with Crippen LogP contribution in [-0.4, -0.2) is 50.8 Å². The van der Waals surface area contributed by atoms with Gasteiger partial charge in [-0.3, -0.25) is 0 Å². The number of rotatable bonds is 7. The largest absolute Gasteiger partial charge is 0.465 e. The van der Waals surface area contributed by atoms with Crippen LogP contribution in [0.5, 0.6) is 11.5 Å². The molecule has 1 saturated heterocycles. The quantitative estimate of drug-likeness (QED) is 0.329. The minimum Gasteiger partial charge on any atom is -0.465 e. The summed E-state index contributed by atoms with van der Waals surface area (Å²) in [5, 5.41) is 0. The smallest absolute Gasteiger partial charge is 0.337 e. The third kappa shape index (κ3) is 4.67. The number of nitrogens with one attached hydrogen (secondary N) is 1. The topological polar surface area (TPSA) is 101 Å². The summed E-state index contributed by atoms with van der Waals surface area (Å²) in [6, 6.07) is 15.2. The molecule has 1 aromatic heterocycles. The van der Waals surface area contributed by atoms with Crippen LogP contribution < -0.4 is 4.74 Å². The minimum absolute atomic E-state index is 0.0740. The van der Waals surface area contributed by atoms with Crippen LogP contribution in [0.15, 0.2) is 70.1 Å². The van der Waals surface area contributed by atoms with Crippen molar-refractivity contribution in [3.63, 3.8) is 0 Å². The van der Waals surface area contributed by atoms with Crippen molar-refractivity contribution in [1.29, 1.82) is 0 Å². The van der Waals surface area contributed by atoms with Gasteiger partial charge >= 0.3 is 5.97 Å². The van der Waals surface area contributed by atoms with E-state index < -0.39 is 16.0 Å². The minimum atomic E-state index is -4.20. The lowest BCUT2D eigenvalue weighted by Crippen LogP contribution is -2.18. The second kappa shape index (κ2) is 9.27. The van der Waals surface area contributed by atoms with Crippen LogP contribution in [0.25, 0.3) is 11.3 Å². The van der Waals surface area contributed by atoms with Gasteiger partial charge in [0, 0.05) is 30.5 Å². The number of para-hydroxylation sites is 1. The summed E-state index contributed by atoms with van der Waals surface area (Å²) < 4.78 is 41.4. The number of aromatic nitrogens is 1. The Bertz CT molecular complexity index is 1220. The highest BCUT2D eigenvalue weighted by molar-refractivity contribution is 7.90. The van der Waals surface area contributed by atoms with Crippen LogP contribution in [0.1, 0.15) is 23.2 Å². The monoisotopic (exact) mass is 453 g/mol. The highest BCUT2D eigenvalue weighted by Crippen LogP contribution is 2.40. The predicted molar refractivity (Wildman–Crippen MR) is 121 cm³/mol. The van der Waals surface area contributed by atoms with E-state index in [9.17, 15) is 13.2 Å². The molecule has 0 saturated carbocycles. The third-order valence-electron chi connectivity index (χ3n) is 5.09. The van der Waals surface area contributed by atoms with Gasteiger partial charge in [0.2, 0.25) is 0 Å². The van der Waals surface area contributed by atoms with Gasteiger partial charge in [-0.25, -0.2) is 4.79 Å². The lowest BCUT2D eigenvalue weighted by molar-refractivity contribution is 0.0600. The first-order chi connectivity index (χ1) is 15.5. The second-order valence-electron chi connectivity index (χ2n) is 7.28. The molecule has 0 unspecified atom stereocenters. The van der Waals surface area contributed by atoms with Gasteiger partial charge in [-0.15, -0.1) is 4.40 Å². The summed E-state index contributed by atoms with van der Waals surface area (Å²) in [6.07, 6.45) is 5.02. The molecule has 1 aliphatic rings. The highest BCUT2D eigenvalue weighted by atomic mass is 32.2. The lowest BCUT2D eigenvalue weighted by atomic mass is 10.1. The van der Waals surface area contributed by atoms with Crippen molar-refractivity contribution in [2.24, 2.45) is 4.40 Å². The van der Waals surface area contributed by atoms with E-state index in [1.165, 1.54) is 19.5 Å². The molecular formula is C23H23N3O5S. The Balaban J connectivity index is 1.90. The first-order valence-corrected chi connectivity index (χ1v) is 11.6. The number of hydrogen-bond donors (Lipinski definition) is 1. The number of ether oxygens (including phenoxy) is 2. The zero-order chi connectivity index (χ0) is 22.6. The molecule has 9 heteroatoms. The Morgan fingerprint density at radius 1 is 1.09 bits per heavy atom. The molecule has 1 N–H and O–H groups in total. The molecule has 0 atom stereocenters. The molecule has 0 bridgehead atoms. The van der Waals surface area contributed by atoms with Crippen molar-refractivity contribution in [1.82, 2.24) is 9.88 Å². The van der Waals surface area contributed by atoms with Crippen LogP contribution in [-0.2, 0) is 14.8 Å². The van der Waals surface area contributed by atoms with Crippen LogP contribution >= 0.6 is 0 Å². The van der Waals surface area contributed by atoms with Crippen molar-refractivity contribution in [3.8, 4) is 22.8 Å². The van der Waals surface area contributed by atoms with Gasteiger partial charge in [-0.05, 0) is 49.2 Å². The number of carbonyl (C=O) groups is 1. The van der Waals surface area contributed by atoms with Crippen molar-refractivity contribution < 1.29 is 22.7 Å². The van der Waals surface area contributed by atoms with Crippen molar-refractivity contribution in [2.45, 2.75) is 17.7 Å². The number of methoxy groups -OCH3 is 1. The van der Waals surface area contributed by atoms with Crippen molar-refractivity contribution in [3.05, 3.63) is 66.4 Å². The fourth-order valence-electron chi connectivity index (χ4n) is 3.48. The van der Waals surface area contributed by atoms with E-state index >= 15 is 0 Å². The van der Waals surface area contributed by atoms with E-state index in [0.29, 0.717) is 17.0 Å². The molecular weight excluding hydrogens is 430 g/mol. The SMILES string of the molecule is COC(=O)c1cc(-c2ccc[nH]2)c(Oc2ccccc2)c(S(=O)(=O)N=CN2CCCC2)c1. The van der Waals surface area contributed by atoms with E-state index in [2.05, 4.69) is 9.38 Å². The van der Waals surface area contributed by atoms with Gasteiger partial charge in [0.25, 0.3) is 10.0 Å². The zero-order valence-corrected chi connectivity index (χ0v) is 18.3. The first-order valence-electron chi connectivity index (χ1n) is 10.2. The summed E-state index contributed by atoms with van der Waals surface area (Å²) in [4.78, 5) is 17.0. The number of carbonyl (C=O) groups excluding carboxylic acids is 1. The first kappa shape index (κ1) is 21.6. The van der Waals surface area contributed by atoms with Gasteiger partial charge in [-0.2, -0.15) is 8.42 Å². The number of H-pyrrole nitrogens is 1. The average molecular weight is 454 g/mol. The number of benzene rings is 2.